The number of rotatable bonds is 3. The van der Waals surface area contributed by atoms with Crippen LogP contribution in [0.2, 0.25) is 5.02 Å². The molecule has 3 aliphatic rings. The number of carbonyl (C=O) groups is 3. The number of imide groups is 1. The van der Waals surface area contributed by atoms with Crippen molar-refractivity contribution in [1.82, 2.24) is 0 Å². The topological polar surface area (TPSA) is 66.5 Å². The Morgan fingerprint density at radius 3 is 2.44 bits per heavy atom. The highest BCUT2D eigenvalue weighted by Gasteiger charge is 2.59. The third-order valence-corrected chi connectivity index (χ3v) is 6.87. The van der Waals surface area contributed by atoms with Crippen molar-refractivity contribution in [2.75, 3.05) is 10.2 Å². The van der Waals surface area contributed by atoms with Crippen LogP contribution >= 0.6 is 22.9 Å². The summed E-state index contributed by atoms with van der Waals surface area (Å²) in [4.78, 5) is 40.0. The van der Waals surface area contributed by atoms with Crippen molar-refractivity contribution in [3.05, 3.63) is 57.8 Å². The van der Waals surface area contributed by atoms with Gasteiger partial charge in [-0.1, -0.05) is 29.8 Å². The summed E-state index contributed by atoms with van der Waals surface area (Å²) in [7, 11) is 0. The highest BCUT2D eigenvalue weighted by Crippen LogP contribution is 2.53. The Morgan fingerprint density at radius 1 is 1.11 bits per heavy atom. The van der Waals surface area contributed by atoms with Crippen LogP contribution in [0.4, 0.5) is 11.4 Å². The number of hydrogen-bond acceptors (Lipinski definition) is 4. The molecule has 0 radical (unpaired) electrons. The van der Waals surface area contributed by atoms with E-state index in [1.807, 2.05) is 5.38 Å². The minimum absolute atomic E-state index is 0.153. The number of nitrogens with one attached hydrogen (secondary N) is 1. The molecule has 2 fully saturated rings. The molecule has 0 spiro atoms. The summed E-state index contributed by atoms with van der Waals surface area (Å²) in [5, 5.41) is 4.93. The minimum Gasteiger partial charge on any atom is -0.320 e. The van der Waals surface area contributed by atoms with Gasteiger partial charge in [-0.3, -0.25) is 14.4 Å². The van der Waals surface area contributed by atoms with E-state index in [-0.39, 0.29) is 41.4 Å². The summed E-state index contributed by atoms with van der Waals surface area (Å²) in [5.74, 6) is -0.778. The number of benzene rings is 1. The van der Waals surface area contributed by atoms with E-state index in [0.29, 0.717) is 21.3 Å². The first-order valence-electron chi connectivity index (χ1n) is 8.75. The lowest BCUT2D eigenvalue weighted by Gasteiger charge is -2.18. The van der Waals surface area contributed by atoms with E-state index < -0.39 is 0 Å². The third kappa shape index (κ3) is 2.47. The molecule has 1 aromatic carbocycles. The maximum atomic E-state index is 12.9. The zero-order valence-electron chi connectivity index (χ0n) is 14.1. The van der Waals surface area contributed by atoms with Crippen LogP contribution in [0.1, 0.15) is 16.1 Å². The highest BCUT2D eigenvalue weighted by atomic mass is 35.5. The molecule has 5 nitrogen and oxygen atoms in total. The van der Waals surface area contributed by atoms with Crippen molar-refractivity contribution in [2.45, 2.75) is 6.42 Å². The molecule has 2 heterocycles. The zero-order valence-corrected chi connectivity index (χ0v) is 15.7. The first-order chi connectivity index (χ1) is 13.0. The summed E-state index contributed by atoms with van der Waals surface area (Å²) < 4.78 is 0. The van der Waals surface area contributed by atoms with Gasteiger partial charge in [0.05, 0.1) is 33.1 Å². The van der Waals surface area contributed by atoms with Crippen LogP contribution in [0.3, 0.4) is 0 Å². The molecule has 4 atom stereocenters. The molecule has 2 bridgehead atoms. The number of anilines is 2. The van der Waals surface area contributed by atoms with E-state index >= 15 is 0 Å². The molecule has 7 heteroatoms. The van der Waals surface area contributed by atoms with E-state index in [1.54, 1.807) is 30.3 Å². The van der Waals surface area contributed by atoms with Crippen molar-refractivity contribution in [1.29, 1.82) is 0 Å². The molecule has 5 rings (SSSR count). The predicted molar refractivity (Wildman–Crippen MR) is 104 cm³/mol. The van der Waals surface area contributed by atoms with E-state index in [0.717, 1.165) is 6.42 Å². The van der Waals surface area contributed by atoms with Crippen molar-refractivity contribution < 1.29 is 14.4 Å². The first kappa shape index (κ1) is 16.7. The van der Waals surface area contributed by atoms with Gasteiger partial charge in [0, 0.05) is 0 Å². The Hall–Kier alpha value is -2.44. The Morgan fingerprint density at radius 2 is 1.81 bits per heavy atom. The van der Waals surface area contributed by atoms with Gasteiger partial charge >= 0.3 is 0 Å². The lowest BCUT2D eigenvalue weighted by Crippen LogP contribution is -2.32. The van der Waals surface area contributed by atoms with Gasteiger partial charge in [0.15, 0.2) is 0 Å². The average Bonchev–Trinajstić information content (AvgIpc) is 3.42. The molecule has 0 unspecified atom stereocenters. The molecule has 1 saturated carbocycles. The number of thiophene rings is 1. The van der Waals surface area contributed by atoms with Gasteiger partial charge in [0.2, 0.25) is 11.8 Å². The summed E-state index contributed by atoms with van der Waals surface area (Å²) in [5.41, 5.74) is 0.830. The maximum Gasteiger partial charge on any atom is 0.265 e. The van der Waals surface area contributed by atoms with Crippen molar-refractivity contribution >= 4 is 52.0 Å². The lowest BCUT2D eigenvalue weighted by atomic mass is 9.85. The SMILES string of the molecule is O=C(Nc1cc(N2C(=O)[C@@H]3[C@@H](C2=O)[C@H]2C=C[C@H]3C2)ccc1Cl)c1cccs1. The standard InChI is InChI=1S/C20H15ClN2O3S/c21-13-6-5-12(9-14(13)22-18(24)15-2-1-7-27-15)23-19(25)16-10-3-4-11(8-10)17(16)20(23)26/h1-7,9-11,16-17H,8H2,(H,22,24)/t10-,11-,16-,17-/m0/s1. The summed E-state index contributed by atoms with van der Waals surface area (Å²) in [6.45, 7) is 0. The number of amides is 3. The van der Waals surface area contributed by atoms with Crippen LogP contribution in [0.25, 0.3) is 0 Å². The highest BCUT2D eigenvalue weighted by molar-refractivity contribution is 7.12. The molecule has 27 heavy (non-hydrogen) atoms. The molecule has 1 aromatic heterocycles. The Labute approximate surface area is 164 Å². The minimum atomic E-state index is -0.276. The van der Waals surface area contributed by atoms with Crippen LogP contribution in [0.15, 0.2) is 47.9 Å². The number of halogens is 1. The second-order valence-corrected chi connectivity index (χ2v) is 8.46. The second-order valence-electron chi connectivity index (χ2n) is 7.11. The van der Waals surface area contributed by atoms with E-state index in [4.69, 9.17) is 11.6 Å². The maximum absolute atomic E-state index is 12.9. The van der Waals surface area contributed by atoms with Gasteiger partial charge in [-0.25, -0.2) is 4.90 Å². The van der Waals surface area contributed by atoms with Gasteiger partial charge in [-0.2, -0.15) is 0 Å². The fourth-order valence-corrected chi connectivity index (χ4v) is 5.28. The zero-order chi connectivity index (χ0) is 18.7. The molecule has 2 aromatic rings. The van der Waals surface area contributed by atoms with Crippen LogP contribution in [0, 0.1) is 23.7 Å². The smallest absolute Gasteiger partial charge is 0.265 e. The van der Waals surface area contributed by atoms with Crippen LogP contribution < -0.4 is 10.2 Å². The average molecular weight is 399 g/mol. The number of allylic oxidation sites excluding steroid dienone is 2. The Balaban J connectivity index is 1.45. The fourth-order valence-electron chi connectivity index (χ4n) is 4.50. The van der Waals surface area contributed by atoms with Crippen LogP contribution in [-0.4, -0.2) is 17.7 Å². The Bertz CT molecular complexity index is 971. The molecule has 1 saturated heterocycles. The van der Waals surface area contributed by atoms with E-state index in [1.165, 1.54) is 16.2 Å². The molecule has 1 aliphatic heterocycles. The first-order valence-corrected chi connectivity index (χ1v) is 10.0. The summed E-state index contributed by atoms with van der Waals surface area (Å²) >= 11 is 7.55. The molecule has 3 amide bonds. The van der Waals surface area contributed by atoms with Gasteiger partial charge in [-0.05, 0) is 47.9 Å². The van der Waals surface area contributed by atoms with Crippen molar-refractivity contribution in [2.24, 2.45) is 23.7 Å². The third-order valence-electron chi connectivity index (χ3n) is 5.67. The fraction of sp³-hybridized carbons (Fsp3) is 0.250. The summed E-state index contributed by atoms with van der Waals surface area (Å²) in [6, 6.07) is 8.35. The number of fused-ring (bicyclic) bond motifs is 5. The van der Waals surface area contributed by atoms with Crippen molar-refractivity contribution in [3.8, 4) is 0 Å². The van der Waals surface area contributed by atoms with Crippen molar-refractivity contribution in [3.63, 3.8) is 0 Å². The predicted octanol–water partition coefficient (Wildman–Crippen LogP) is 3.97. The quantitative estimate of drug-likeness (QED) is 0.628. The molecular weight excluding hydrogens is 384 g/mol. The number of carbonyl (C=O) groups excluding carboxylic acids is 3. The normalized spacial score (nSPS) is 28.1. The number of nitrogens with zero attached hydrogens (tertiary/aromatic N) is 1. The second kappa shape index (κ2) is 6.04. The lowest BCUT2D eigenvalue weighted by molar-refractivity contribution is -0.123. The largest absolute Gasteiger partial charge is 0.320 e. The van der Waals surface area contributed by atoms with E-state index in [2.05, 4.69) is 17.5 Å². The Kier molecular flexibility index (Phi) is 3.74. The number of hydrogen-bond donors (Lipinski definition) is 1. The molecule has 1 N–H and O–H groups in total. The molecule has 2 aliphatic carbocycles. The van der Waals surface area contributed by atoms with Gasteiger partial charge < -0.3 is 5.32 Å². The van der Waals surface area contributed by atoms with Gasteiger partial charge in [-0.15, -0.1) is 11.3 Å². The van der Waals surface area contributed by atoms with E-state index in [9.17, 15) is 14.4 Å². The monoisotopic (exact) mass is 398 g/mol. The van der Waals surface area contributed by atoms with Gasteiger partial charge in [0.1, 0.15) is 0 Å². The summed E-state index contributed by atoms with van der Waals surface area (Å²) in [6.07, 6.45) is 5.02. The van der Waals surface area contributed by atoms with Crippen LogP contribution in [-0.2, 0) is 9.59 Å². The van der Waals surface area contributed by atoms with Gasteiger partial charge in [0.25, 0.3) is 5.91 Å². The molecular formula is C20H15ClN2O3S. The van der Waals surface area contributed by atoms with Crippen LogP contribution in [0.5, 0.6) is 0 Å². The molecule has 136 valence electrons.